The van der Waals surface area contributed by atoms with Gasteiger partial charge in [0, 0.05) is 29.0 Å². The number of carbonyl (C=O) groups excluding carboxylic acids is 1. The van der Waals surface area contributed by atoms with Crippen molar-refractivity contribution in [3.63, 3.8) is 0 Å². The monoisotopic (exact) mass is 371 g/mol. The zero-order valence-corrected chi connectivity index (χ0v) is 15.2. The molecule has 0 radical (unpaired) electrons. The molecule has 3 aliphatic rings. The molecule has 1 aromatic carbocycles. The second-order valence-corrected chi connectivity index (χ2v) is 7.45. The predicted molar refractivity (Wildman–Crippen MR) is 101 cm³/mol. The highest BCUT2D eigenvalue weighted by Gasteiger charge is 2.44. The molecule has 2 aromatic rings. The normalized spacial score (nSPS) is 27.1. The smallest absolute Gasteiger partial charge is 0.411 e. The van der Waals surface area contributed by atoms with Crippen LogP contribution in [-0.4, -0.2) is 41.2 Å². The number of benzene rings is 1. The van der Waals surface area contributed by atoms with E-state index in [9.17, 15) is 4.79 Å². The van der Waals surface area contributed by atoms with Crippen LogP contribution in [0.2, 0.25) is 5.02 Å². The molecule has 6 heteroatoms. The summed E-state index contributed by atoms with van der Waals surface area (Å²) in [6.45, 7) is 2.15. The Morgan fingerprint density at radius 2 is 2.12 bits per heavy atom. The van der Waals surface area contributed by atoms with Crippen molar-refractivity contribution in [2.45, 2.75) is 31.4 Å². The average Bonchev–Trinajstić information content (AvgIpc) is 2.65. The van der Waals surface area contributed by atoms with E-state index >= 15 is 0 Å². The van der Waals surface area contributed by atoms with Gasteiger partial charge in [-0.3, -0.25) is 15.2 Å². The van der Waals surface area contributed by atoms with Crippen LogP contribution in [-0.2, 0) is 11.2 Å². The number of nitrogens with one attached hydrogen (secondary N) is 1. The van der Waals surface area contributed by atoms with E-state index in [1.165, 1.54) is 5.56 Å². The Kier molecular flexibility index (Phi) is 5.09. The van der Waals surface area contributed by atoms with Gasteiger partial charge in [0.05, 0.1) is 6.04 Å². The first-order chi connectivity index (χ1) is 12.7. The minimum absolute atomic E-state index is 0.100. The third-order valence-corrected chi connectivity index (χ3v) is 5.60. The van der Waals surface area contributed by atoms with Gasteiger partial charge in [-0.1, -0.05) is 23.7 Å². The van der Waals surface area contributed by atoms with Gasteiger partial charge in [-0.05, 0) is 62.2 Å². The van der Waals surface area contributed by atoms with Crippen LogP contribution in [0.5, 0.6) is 0 Å². The van der Waals surface area contributed by atoms with Gasteiger partial charge in [0.25, 0.3) is 0 Å². The van der Waals surface area contributed by atoms with Gasteiger partial charge in [-0.2, -0.15) is 0 Å². The van der Waals surface area contributed by atoms with E-state index in [0.29, 0.717) is 16.6 Å². The molecule has 2 bridgehead atoms. The SMILES string of the molecule is O=C(Nc1cccc(Cl)c1)O[C@@H]1C2CCN(CC2)[C@@H]1Cc1cccnc1. The van der Waals surface area contributed by atoms with Crippen molar-refractivity contribution in [2.75, 3.05) is 18.4 Å². The predicted octanol–water partition coefficient (Wildman–Crippen LogP) is 3.99. The van der Waals surface area contributed by atoms with Gasteiger partial charge in [0.2, 0.25) is 0 Å². The number of carbonyl (C=O) groups is 1. The van der Waals surface area contributed by atoms with Crippen molar-refractivity contribution in [3.8, 4) is 0 Å². The Morgan fingerprint density at radius 1 is 1.27 bits per heavy atom. The first-order valence-electron chi connectivity index (χ1n) is 9.05. The van der Waals surface area contributed by atoms with Crippen molar-refractivity contribution < 1.29 is 9.53 Å². The summed E-state index contributed by atoms with van der Waals surface area (Å²) in [5, 5.41) is 3.38. The molecule has 3 fully saturated rings. The Bertz CT molecular complexity index is 763. The summed E-state index contributed by atoms with van der Waals surface area (Å²) < 4.78 is 5.90. The van der Waals surface area contributed by atoms with Crippen LogP contribution in [0.3, 0.4) is 0 Å². The highest BCUT2D eigenvalue weighted by atomic mass is 35.5. The van der Waals surface area contributed by atoms with E-state index in [1.54, 1.807) is 30.5 Å². The minimum Gasteiger partial charge on any atom is -0.444 e. The molecule has 3 aliphatic heterocycles. The van der Waals surface area contributed by atoms with Crippen molar-refractivity contribution in [2.24, 2.45) is 5.92 Å². The quantitative estimate of drug-likeness (QED) is 0.882. The minimum atomic E-state index is -0.415. The summed E-state index contributed by atoms with van der Waals surface area (Å²) >= 11 is 5.98. The molecule has 26 heavy (non-hydrogen) atoms. The zero-order chi connectivity index (χ0) is 17.9. The standard InChI is InChI=1S/C20H22ClN3O2/c21-16-4-1-5-17(12-16)23-20(25)26-19-15-6-9-24(10-7-15)18(19)11-14-3-2-8-22-13-14/h1-5,8,12-13,15,18-19H,6-7,9-11H2,(H,23,25)/t18-,19-/m1/s1. The van der Waals surface area contributed by atoms with Gasteiger partial charge in [-0.25, -0.2) is 4.79 Å². The number of halogens is 1. The summed E-state index contributed by atoms with van der Waals surface area (Å²) in [6.07, 6.45) is 6.17. The molecule has 0 unspecified atom stereocenters. The number of pyridine rings is 1. The average molecular weight is 372 g/mol. The molecule has 3 saturated heterocycles. The lowest BCUT2D eigenvalue weighted by atomic mass is 9.78. The molecular weight excluding hydrogens is 350 g/mol. The van der Waals surface area contributed by atoms with Gasteiger partial charge < -0.3 is 4.74 Å². The van der Waals surface area contributed by atoms with Crippen LogP contribution in [0.25, 0.3) is 0 Å². The molecule has 2 atom stereocenters. The number of amides is 1. The van der Waals surface area contributed by atoms with Crippen molar-refractivity contribution in [3.05, 3.63) is 59.4 Å². The van der Waals surface area contributed by atoms with Gasteiger partial charge in [0.1, 0.15) is 6.10 Å². The Balaban J connectivity index is 1.46. The van der Waals surface area contributed by atoms with E-state index < -0.39 is 6.09 Å². The lowest BCUT2D eigenvalue weighted by Crippen LogP contribution is -2.60. The number of hydrogen-bond donors (Lipinski definition) is 1. The highest BCUT2D eigenvalue weighted by molar-refractivity contribution is 6.30. The van der Waals surface area contributed by atoms with Gasteiger partial charge in [-0.15, -0.1) is 0 Å². The van der Waals surface area contributed by atoms with Gasteiger partial charge >= 0.3 is 6.09 Å². The second-order valence-electron chi connectivity index (χ2n) is 7.01. The van der Waals surface area contributed by atoms with Crippen molar-refractivity contribution in [1.29, 1.82) is 0 Å². The van der Waals surface area contributed by atoms with E-state index in [4.69, 9.17) is 16.3 Å². The molecule has 136 valence electrons. The first kappa shape index (κ1) is 17.3. The maximum Gasteiger partial charge on any atom is 0.411 e. The maximum atomic E-state index is 12.5. The lowest BCUT2D eigenvalue weighted by molar-refractivity contribution is -0.0741. The number of fused-ring (bicyclic) bond motifs is 3. The van der Waals surface area contributed by atoms with Crippen LogP contribution in [0, 0.1) is 5.92 Å². The summed E-state index contributed by atoms with van der Waals surface area (Å²) in [5.74, 6) is 0.423. The summed E-state index contributed by atoms with van der Waals surface area (Å²) in [4.78, 5) is 19.1. The molecule has 1 aromatic heterocycles. The Hall–Kier alpha value is -2.11. The second kappa shape index (κ2) is 7.64. The van der Waals surface area contributed by atoms with E-state index in [1.807, 2.05) is 12.3 Å². The maximum absolute atomic E-state index is 12.5. The molecular formula is C20H22ClN3O2. The van der Waals surface area contributed by atoms with Crippen LogP contribution in [0.15, 0.2) is 48.8 Å². The molecule has 1 amide bonds. The van der Waals surface area contributed by atoms with Crippen molar-refractivity contribution in [1.82, 2.24) is 9.88 Å². The molecule has 0 saturated carbocycles. The number of hydrogen-bond acceptors (Lipinski definition) is 4. The third-order valence-electron chi connectivity index (χ3n) is 5.37. The van der Waals surface area contributed by atoms with Crippen molar-refractivity contribution >= 4 is 23.4 Å². The fraction of sp³-hybridized carbons (Fsp3) is 0.400. The molecule has 1 N–H and O–H groups in total. The van der Waals surface area contributed by atoms with Crippen LogP contribution >= 0.6 is 11.6 Å². The van der Waals surface area contributed by atoms with E-state index in [-0.39, 0.29) is 12.1 Å². The van der Waals surface area contributed by atoms with Crippen LogP contribution in [0.4, 0.5) is 10.5 Å². The molecule has 0 spiro atoms. The Morgan fingerprint density at radius 3 is 2.85 bits per heavy atom. The first-order valence-corrected chi connectivity index (χ1v) is 9.43. The number of piperidine rings is 3. The van der Waals surface area contributed by atoms with E-state index in [0.717, 1.165) is 32.4 Å². The number of rotatable bonds is 4. The molecule has 5 rings (SSSR count). The highest BCUT2D eigenvalue weighted by Crippen LogP contribution is 2.36. The number of anilines is 1. The van der Waals surface area contributed by atoms with Crippen LogP contribution < -0.4 is 5.32 Å². The topological polar surface area (TPSA) is 54.5 Å². The lowest BCUT2D eigenvalue weighted by Gasteiger charge is -2.50. The fourth-order valence-corrected chi connectivity index (χ4v) is 4.31. The summed E-state index contributed by atoms with van der Waals surface area (Å²) in [7, 11) is 0. The number of ether oxygens (including phenoxy) is 1. The third kappa shape index (κ3) is 3.84. The number of aromatic nitrogens is 1. The Labute approximate surface area is 158 Å². The zero-order valence-electron chi connectivity index (χ0n) is 14.5. The largest absolute Gasteiger partial charge is 0.444 e. The summed E-state index contributed by atoms with van der Waals surface area (Å²) in [5.41, 5.74) is 1.82. The van der Waals surface area contributed by atoms with E-state index in [2.05, 4.69) is 21.3 Å². The van der Waals surface area contributed by atoms with Gasteiger partial charge in [0.15, 0.2) is 0 Å². The molecule has 0 aliphatic carbocycles. The molecule has 4 heterocycles. The number of nitrogens with zero attached hydrogens (tertiary/aromatic N) is 2. The summed E-state index contributed by atoms with van der Waals surface area (Å²) in [6, 6.07) is 11.3. The fourth-order valence-electron chi connectivity index (χ4n) is 4.12. The molecule has 5 nitrogen and oxygen atoms in total. The van der Waals surface area contributed by atoms with Crippen LogP contribution in [0.1, 0.15) is 18.4 Å².